The van der Waals surface area contributed by atoms with Crippen LogP contribution in [0.2, 0.25) is 5.02 Å². The molecule has 0 fully saturated rings. The average molecular weight is 333 g/mol. The van der Waals surface area contributed by atoms with Crippen molar-refractivity contribution in [2.45, 2.75) is 6.04 Å². The van der Waals surface area contributed by atoms with Crippen LogP contribution in [-0.2, 0) is 0 Å². The van der Waals surface area contributed by atoms with Gasteiger partial charge in [0.05, 0.1) is 16.3 Å². The van der Waals surface area contributed by atoms with E-state index in [4.69, 9.17) is 11.6 Å². The monoisotopic (exact) mass is 332 g/mol. The lowest BCUT2D eigenvalue weighted by molar-refractivity contribution is 0.312. The fourth-order valence-electron chi connectivity index (χ4n) is 2.42. The number of hydrogen-bond donors (Lipinski definition) is 1. The number of halogens is 1. The molecule has 114 valence electrons. The largest absolute Gasteiger partial charge is 0.367 e. The number of nitrogens with one attached hydrogen (secondary N) is 1. The Labute approximate surface area is 138 Å². The van der Waals surface area contributed by atoms with E-state index in [0.717, 1.165) is 33.2 Å². The molecule has 0 bridgehead atoms. The zero-order valence-electron chi connectivity index (χ0n) is 12.5. The smallest absolute Gasteiger partial charge is 0.147 e. The van der Waals surface area contributed by atoms with E-state index in [1.165, 1.54) is 0 Å². The van der Waals surface area contributed by atoms with Gasteiger partial charge in [-0.05, 0) is 37.2 Å². The van der Waals surface area contributed by atoms with Gasteiger partial charge in [0.2, 0.25) is 0 Å². The van der Waals surface area contributed by atoms with Gasteiger partial charge in [-0.3, -0.25) is 0 Å². The van der Waals surface area contributed by atoms with Crippen molar-refractivity contribution in [3.8, 4) is 0 Å². The zero-order valence-corrected chi connectivity index (χ0v) is 14.0. The van der Waals surface area contributed by atoms with Gasteiger partial charge in [-0.2, -0.15) is 0 Å². The molecule has 0 saturated carbocycles. The molecule has 0 spiro atoms. The van der Waals surface area contributed by atoms with Crippen LogP contribution in [0, 0.1) is 0 Å². The summed E-state index contributed by atoms with van der Waals surface area (Å²) < 4.78 is 1.08. The van der Waals surface area contributed by atoms with Gasteiger partial charge in [0.1, 0.15) is 12.1 Å². The van der Waals surface area contributed by atoms with Gasteiger partial charge in [-0.15, -0.1) is 11.3 Å². The minimum atomic E-state index is 0.165. The summed E-state index contributed by atoms with van der Waals surface area (Å²) in [5.74, 6) is 0.874. The molecule has 0 aliphatic carbocycles. The number of nitrogens with zero attached hydrogens (tertiary/aromatic N) is 3. The van der Waals surface area contributed by atoms with E-state index in [9.17, 15) is 0 Å². The number of hydrogen-bond acceptors (Lipinski definition) is 5. The molecule has 0 unspecified atom stereocenters. The Morgan fingerprint density at radius 2 is 2.05 bits per heavy atom. The molecule has 0 radical (unpaired) electrons. The second-order valence-electron chi connectivity index (χ2n) is 5.24. The SMILES string of the molecule is CN(C)[C@@H](CNc1ncnc2ccsc12)c1ccccc1Cl. The zero-order chi connectivity index (χ0) is 15.5. The van der Waals surface area contributed by atoms with Crippen LogP contribution in [0.1, 0.15) is 11.6 Å². The molecule has 22 heavy (non-hydrogen) atoms. The number of anilines is 1. The Hall–Kier alpha value is -1.69. The minimum Gasteiger partial charge on any atom is -0.367 e. The molecule has 3 aromatic rings. The predicted molar refractivity (Wildman–Crippen MR) is 93.8 cm³/mol. The number of rotatable bonds is 5. The molecular weight excluding hydrogens is 316 g/mol. The second kappa shape index (κ2) is 6.60. The molecule has 3 rings (SSSR count). The number of benzene rings is 1. The summed E-state index contributed by atoms with van der Waals surface area (Å²) >= 11 is 7.99. The molecule has 0 saturated heterocycles. The van der Waals surface area contributed by atoms with Gasteiger partial charge in [-0.1, -0.05) is 29.8 Å². The molecule has 1 aromatic carbocycles. The summed E-state index contributed by atoms with van der Waals surface area (Å²) in [6.07, 6.45) is 1.59. The van der Waals surface area contributed by atoms with Crippen LogP contribution in [0.5, 0.6) is 0 Å². The molecule has 6 heteroatoms. The molecule has 0 aliphatic heterocycles. The highest BCUT2D eigenvalue weighted by Crippen LogP contribution is 2.28. The summed E-state index contributed by atoms with van der Waals surface area (Å²) in [6.45, 7) is 0.723. The first kappa shape index (κ1) is 15.2. The molecule has 1 atom stereocenters. The van der Waals surface area contributed by atoms with Gasteiger partial charge < -0.3 is 10.2 Å². The molecule has 4 nitrogen and oxygen atoms in total. The highest BCUT2D eigenvalue weighted by Gasteiger charge is 2.17. The molecule has 0 aliphatic rings. The molecule has 2 aromatic heterocycles. The second-order valence-corrected chi connectivity index (χ2v) is 6.56. The average Bonchev–Trinajstić information content (AvgIpc) is 2.98. The van der Waals surface area contributed by atoms with Crippen LogP contribution in [0.4, 0.5) is 5.82 Å². The van der Waals surface area contributed by atoms with Gasteiger partial charge in [-0.25, -0.2) is 9.97 Å². The quantitative estimate of drug-likeness (QED) is 0.765. The summed E-state index contributed by atoms with van der Waals surface area (Å²) in [5, 5.41) is 6.25. The van der Waals surface area contributed by atoms with Gasteiger partial charge >= 0.3 is 0 Å². The van der Waals surface area contributed by atoms with Crippen molar-refractivity contribution in [2.75, 3.05) is 26.0 Å². The Morgan fingerprint density at radius 1 is 1.23 bits per heavy atom. The summed E-state index contributed by atoms with van der Waals surface area (Å²) in [6, 6.07) is 10.1. The summed E-state index contributed by atoms with van der Waals surface area (Å²) in [7, 11) is 4.10. The fraction of sp³-hybridized carbons (Fsp3) is 0.250. The third kappa shape index (κ3) is 3.06. The lowest BCUT2D eigenvalue weighted by atomic mass is 10.1. The Morgan fingerprint density at radius 3 is 2.82 bits per heavy atom. The third-order valence-corrected chi connectivity index (χ3v) is 4.85. The lowest BCUT2D eigenvalue weighted by Gasteiger charge is -2.26. The van der Waals surface area contributed by atoms with Crippen molar-refractivity contribution in [1.82, 2.24) is 14.9 Å². The Balaban J connectivity index is 1.84. The summed E-state index contributed by atoms with van der Waals surface area (Å²) in [5.41, 5.74) is 2.08. The topological polar surface area (TPSA) is 41.0 Å². The van der Waals surface area contributed by atoms with Crippen LogP contribution in [0.25, 0.3) is 10.2 Å². The maximum absolute atomic E-state index is 6.34. The molecule has 2 heterocycles. The minimum absolute atomic E-state index is 0.165. The number of likely N-dealkylation sites (N-methyl/N-ethyl adjacent to an activating group) is 1. The van der Waals surface area contributed by atoms with E-state index in [1.54, 1.807) is 17.7 Å². The van der Waals surface area contributed by atoms with Crippen molar-refractivity contribution >= 4 is 39.0 Å². The first-order valence-corrected chi connectivity index (χ1v) is 8.25. The van der Waals surface area contributed by atoms with Crippen LogP contribution >= 0.6 is 22.9 Å². The number of aromatic nitrogens is 2. The highest BCUT2D eigenvalue weighted by atomic mass is 35.5. The molecular formula is C16H17ClN4S. The van der Waals surface area contributed by atoms with E-state index in [-0.39, 0.29) is 6.04 Å². The van der Waals surface area contributed by atoms with Crippen LogP contribution in [-0.4, -0.2) is 35.5 Å². The van der Waals surface area contributed by atoms with E-state index in [1.807, 2.05) is 29.6 Å². The van der Waals surface area contributed by atoms with Crippen molar-refractivity contribution in [2.24, 2.45) is 0 Å². The van der Waals surface area contributed by atoms with Crippen molar-refractivity contribution in [1.29, 1.82) is 0 Å². The van der Waals surface area contributed by atoms with Gasteiger partial charge in [0, 0.05) is 11.6 Å². The van der Waals surface area contributed by atoms with Crippen LogP contribution < -0.4 is 5.32 Å². The highest BCUT2D eigenvalue weighted by molar-refractivity contribution is 7.17. The van der Waals surface area contributed by atoms with E-state index in [0.29, 0.717) is 0 Å². The first-order valence-electron chi connectivity index (χ1n) is 6.99. The molecule has 1 N–H and O–H groups in total. The maximum atomic E-state index is 6.34. The van der Waals surface area contributed by atoms with Crippen molar-refractivity contribution < 1.29 is 0 Å². The van der Waals surface area contributed by atoms with E-state index < -0.39 is 0 Å². The fourth-order valence-corrected chi connectivity index (χ4v) is 3.50. The number of fused-ring (bicyclic) bond motifs is 1. The number of thiophene rings is 1. The standard InChI is InChI=1S/C16H17ClN4S/c1-21(2)14(11-5-3-4-6-12(11)17)9-18-16-15-13(7-8-22-15)19-10-20-16/h3-8,10,14H,9H2,1-2H3,(H,18,19,20)/t14-/m0/s1. The molecule has 0 amide bonds. The van der Waals surface area contributed by atoms with Gasteiger partial charge in [0.25, 0.3) is 0 Å². The normalized spacial score (nSPS) is 12.7. The third-order valence-electron chi connectivity index (χ3n) is 3.59. The lowest BCUT2D eigenvalue weighted by Crippen LogP contribution is -2.27. The van der Waals surface area contributed by atoms with Crippen LogP contribution in [0.3, 0.4) is 0 Å². The van der Waals surface area contributed by atoms with Gasteiger partial charge in [0.15, 0.2) is 0 Å². The maximum Gasteiger partial charge on any atom is 0.147 e. The Bertz CT molecular complexity index is 771. The summed E-state index contributed by atoms with van der Waals surface area (Å²) in [4.78, 5) is 10.8. The van der Waals surface area contributed by atoms with Crippen molar-refractivity contribution in [3.63, 3.8) is 0 Å². The van der Waals surface area contributed by atoms with E-state index >= 15 is 0 Å². The predicted octanol–water partition coefficient (Wildman–Crippen LogP) is 4.06. The van der Waals surface area contributed by atoms with Crippen LogP contribution in [0.15, 0.2) is 42.0 Å². The van der Waals surface area contributed by atoms with E-state index in [2.05, 4.69) is 40.3 Å². The first-order chi connectivity index (χ1) is 10.7. The Kier molecular flexibility index (Phi) is 4.57. The van der Waals surface area contributed by atoms with Crippen molar-refractivity contribution in [3.05, 3.63) is 52.6 Å².